The molecule has 1 aromatic rings. The highest BCUT2D eigenvalue weighted by Crippen LogP contribution is 2.44. The molecule has 2 amide bonds. The molecule has 1 aromatic heterocycles. The summed E-state index contributed by atoms with van der Waals surface area (Å²) >= 11 is 0. The first kappa shape index (κ1) is 10.4. The minimum absolute atomic E-state index is 0.294. The molecule has 1 fully saturated rings. The van der Waals surface area contributed by atoms with Crippen molar-refractivity contribution in [2.75, 3.05) is 0 Å². The molecule has 2 N–H and O–H groups in total. The molecular weight excluding hydrogens is 220 g/mol. The Bertz CT molecular complexity index is 514. The highest BCUT2D eigenvalue weighted by atomic mass is 16.3. The molecule has 0 aromatic carbocycles. The van der Waals surface area contributed by atoms with Gasteiger partial charge in [-0.05, 0) is 30.9 Å². The number of nitrogens with one attached hydrogen (secondary N) is 1. The molecule has 2 heterocycles. The van der Waals surface area contributed by atoms with Crippen LogP contribution in [0.2, 0.25) is 0 Å². The first-order valence-electron chi connectivity index (χ1n) is 5.62. The van der Waals surface area contributed by atoms with Crippen LogP contribution in [0.25, 0.3) is 0 Å². The molecule has 1 saturated carbocycles. The molecule has 0 bridgehead atoms. The summed E-state index contributed by atoms with van der Waals surface area (Å²) in [5.74, 6) is -0.692. The highest BCUT2D eigenvalue weighted by Gasteiger charge is 2.50. The van der Waals surface area contributed by atoms with E-state index < -0.39 is 17.4 Å². The summed E-state index contributed by atoms with van der Waals surface area (Å²) < 4.78 is 0. The number of imide groups is 1. The number of aliphatic hydroxyl groups excluding tert-OH is 1. The number of amides is 2. The third-order valence-corrected chi connectivity index (χ3v) is 3.73. The van der Waals surface area contributed by atoms with Gasteiger partial charge in [-0.3, -0.25) is 19.9 Å². The zero-order valence-electron chi connectivity index (χ0n) is 9.14. The molecule has 88 valence electrons. The third kappa shape index (κ3) is 1.32. The van der Waals surface area contributed by atoms with Crippen LogP contribution in [0.4, 0.5) is 0 Å². The SMILES string of the molecule is O=C1NC(=O)[C@]2(CC[C@H](O)C2)c2ccncc21. The molecule has 1 spiro atoms. The minimum Gasteiger partial charge on any atom is -0.393 e. The average Bonchev–Trinajstić information content (AvgIpc) is 2.71. The number of aliphatic hydroxyl groups is 1. The van der Waals surface area contributed by atoms with Crippen LogP contribution in [0.1, 0.15) is 35.2 Å². The van der Waals surface area contributed by atoms with Crippen molar-refractivity contribution >= 4 is 11.8 Å². The maximum atomic E-state index is 12.1. The largest absolute Gasteiger partial charge is 0.393 e. The standard InChI is InChI=1S/C12H12N2O3/c15-7-1-3-12(5-7)9-2-4-13-6-8(9)10(16)14-11(12)17/h2,4,6-7,15H,1,3,5H2,(H,14,16,17)/t7-,12-/m0/s1. The van der Waals surface area contributed by atoms with E-state index in [-0.39, 0.29) is 5.91 Å². The fourth-order valence-electron chi connectivity index (χ4n) is 2.88. The smallest absolute Gasteiger partial charge is 0.259 e. The molecule has 2 atom stereocenters. The van der Waals surface area contributed by atoms with Crippen LogP contribution in [0, 0.1) is 0 Å². The maximum absolute atomic E-state index is 12.1. The summed E-state index contributed by atoms with van der Waals surface area (Å²) in [6.45, 7) is 0. The normalized spacial score (nSPS) is 31.5. The van der Waals surface area contributed by atoms with E-state index in [1.165, 1.54) is 6.20 Å². The average molecular weight is 232 g/mol. The Kier molecular flexibility index (Phi) is 2.06. The number of carbonyl (C=O) groups excluding carboxylic acids is 2. The van der Waals surface area contributed by atoms with Crippen molar-refractivity contribution in [2.45, 2.75) is 30.8 Å². The van der Waals surface area contributed by atoms with E-state index in [4.69, 9.17) is 0 Å². The van der Waals surface area contributed by atoms with Crippen LogP contribution >= 0.6 is 0 Å². The van der Waals surface area contributed by atoms with Gasteiger partial charge in [0.05, 0.1) is 17.1 Å². The summed E-state index contributed by atoms with van der Waals surface area (Å²) in [6.07, 6.45) is 4.12. The lowest BCUT2D eigenvalue weighted by molar-refractivity contribution is -0.126. The van der Waals surface area contributed by atoms with Crippen molar-refractivity contribution in [3.8, 4) is 0 Å². The number of rotatable bonds is 0. The van der Waals surface area contributed by atoms with E-state index in [1.807, 2.05) is 0 Å². The van der Waals surface area contributed by atoms with Gasteiger partial charge in [-0.2, -0.15) is 0 Å². The monoisotopic (exact) mass is 232 g/mol. The second-order valence-electron chi connectivity index (χ2n) is 4.68. The van der Waals surface area contributed by atoms with Gasteiger partial charge in [0.2, 0.25) is 5.91 Å². The summed E-state index contributed by atoms with van der Waals surface area (Å²) in [5.41, 5.74) is 0.407. The number of pyridine rings is 1. The Hall–Kier alpha value is -1.75. The fraction of sp³-hybridized carbons (Fsp3) is 0.417. The van der Waals surface area contributed by atoms with E-state index in [0.717, 1.165) is 0 Å². The molecule has 1 aliphatic heterocycles. The van der Waals surface area contributed by atoms with Crippen LogP contribution in [0.3, 0.4) is 0 Å². The van der Waals surface area contributed by atoms with Gasteiger partial charge < -0.3 is 5.11 Å². The van der Waals surface area contributed by atoms with E-state index in [1.54, 1.807) is 12.3 Å². The quantitative estimate of drug-likeness (QED) is 0.623. The van der Waals surface area contributed by atoms with Gasteiger partial charge in [0.25, 0.3) is 5.91 Å². The van der Waals surface area contributed by atoms with E-state index in [0.29, 0.717) is 30.4 Å². The van der Waals surface area contributed by atoms with Gasteiger partial charge in [-0.15, -0.1) is 0 Å². The van der Waals surface area contributed by atoms with Gasteiger partial charge in [0.15, 0.2) is 0 Å². The first-order chi connectivity index (χ1) is 8.13. The van der Waals surface area contributed by atoms with Crippen LogP contribution in [-0.4, -0.2) is 28.0 Å². The van der Waals surface area contributed by atoms with Crippen molar-refractivity contribution in [1.29, 1.82) is 0 Å². The Morgan fingerprint density at radius 2 is 2.29 bits per heavy atom. The first-order valence-corrected chi connectivity index (χ1v) is 5.62. The van der Waals surface area contributed by atoms with Gasteiger partial charge in [0, 0.05) is 12.4 Å². The Balaban J connectivity index is 2.19. The van der Waals surface area contributed by atoms with E-state index in [2.05, 4.69) is 10.3 Å². The van der Waals surface area contributed by atoms with Crippen LogP contribution in [0.5, 0.6) is 0 Å². The molecule has 0 unspecified atom stereocenters. The zero-order chi connectivity index (χ0) is 12.0. The minimum atomic E-state index is -0.744. The molecule has 2 aliphatic rings. The molecule has 1 aliphatic carbocycles. The molecular formula is C12H12N2O3. The lowest BCUT2D eigenvalue weighted by Crippen LogP contribution is -2.51. The lowest BCUT2D eigenvalue weighted by atomic mass is 9.74. The zero-order valence-corrected chi connectivity index (χ0v) is 9.14. The van der Waals surface area contributed by atoms with Crippen molar-refractivity contribution in [3.63, 3.8) is 0 Å². The number of hydrogen-bond acceptors (Lipinski definition) is 4. The molecule has 0 saturated heterocycles. The Labute approximate surface area is 97.9 Å². The Morgan fingerprint density at radius 1 is 1.47 bits per heavy atom. The topological polar surface area (TPSA) is 79.3 Å². The predicted octanol–water partition coefficient (Wildman–Crippen LogP) is 0.134. The number of fused-ring (bicyclic) bond motifs is 2. The second kappa shape index (κ2) is 3.37. The predicted molar refractivity (Wildman–Crippen MR) is 58.2 cm³/mol. The second-order valence-corrected chi connectivity index (χ2v) is 4.68. The number of aromatic nitrogens is 1. The maximum Gasteiger partial charge on any atom is 0.259 e. The molecule has 3 rings (SSSR count). The van der Waals surface area contributed by atoms with Gasteiger partial charge in [-0.1, -0.05) is 0 Å². The number of hydrogen-bond donors (Lipinski definition) is 2. The molecule has 17 heavy (non-hydrogen) atoms. The molecule has 0 radical (unpaired) electrons. The number of carbonyl (C=O) groups is 2. The van der Waals surface area contributed by atoms with Crippen molar-refractivity contribution < 1.29 is 14.7 Å². The lowest BCUT2D eigenvalue weighted by Gasteiger charge is -2.33. The van der Waals surface area contributed by atoms with Crippen LogP contribution in [-0.2, 0) is 10.2 Å². The van der Waals surface area contributed by atoms with E-state index in [9.17, 15) is 14.7 Å². The molecule has 5 nitrogen and oxygen atoms in total. The summed E-state index contributed by atoms with van der Waals surface area (Å²) in [7, 11) is 0. The van der Waals surface area contributed by atoms with E-state index >= 15 is 0 Å². The van der Waals surface area contributed by atoms with Crippen LogP contribution < -0.4 is 5.32 Å². The fourth-order valence-corrected chi connectivity index (χ4v) is 2.88. The summed E-state index contributed by atoms with van der Waals surface area (Å²) in [4.78, 5) is 27.7. The van der Waals surface area contributed by atoms with Gasteiger partial charge in [-0.25, -0.2) is 0 Å². The van der Waals surface area contributed by atoms with Gasteiger partial charge in [0.1, 0.15) is 0 Å². The third-order valence-electron chi connectivity index (χ3n) is 3.73. The van der Waals surface area contributed by atoms with Crippen molar-refractivity contribution in [3.05, 3.63) is 29.6 Å². The Morgan fingerprint density at radius 3 is 3.00 bits per heavy atom. The van der Waals surface area contributed by atoms with Crippen LogP contribution in [0.15, 0.2) is 18.5 Å². The van der Waals surface area contributed by atoms with Gasteiger partial charge >= 0.3 is 0 Å². The summed E-state index contributed by atoms with van der Waals surface area (Å²) in [6, 6.07) is 1.71. The van der Waals surface area contributed by atoms with Crippen molar-refractivity contribution in [2.24, 2.45) is 0 Å². The number of nitrogens with zero attached hydrogens (tertiary/aromatic N) is 1. The molecule has 5 heteroatoms. The summed E-state index contributed by atoms with van der Waals surface area (Å²) in [5, 5.41) is 12.0. The highest BCUT2D eigenvalue weighted by molar-refractivity contribution is 6.13. The van der Waals surface area contributed by atoms with Crippen molar-refractivity contribution in [1.82, 2.24) is 10.3 Å².